The van der Waals surface area contributed by atoms with E-state index >= 15 is 0 Å². The number of carbonyl (C=O) groups excluding carboxylic acids is 1. The molecule has 1 atom stereocenters. The third kappa shape index (κ3) is 4.43. The van der Waals surface area contributed by atoms with Gasteiger partial charge in [-0.25, -0.2) is 0 Å². The maximum absolute atomic E-state index is 11.9. The summed E-state index contributed by atoms with van der Waals surface area (Å²) < 4.78 is 4.89. The predicted octanol–water partition coefficient (Wildman–Crippen LogP) is 3.25. The maximum atomic E-state index is 11.9. The molecule has 110 valence electrons. The summed E-state index contributed by atoms with van der Waals surface area (Å²) in [4.78, 5) is 14.0. The Bertz CT molecular complexity index is 512. The van der Waals surface area contributed by atoms with Crippen molar-refractivity contribution in [2.75, 3.05) is 7.11 Å². The summed E-state index contributed by atoms with van der Waals surface area (Å²) in [7, 11) is 1.43. The fourth-order valence-electron chi connectivity index (χ4n) is 2.29. The number of benzene rings is 2. The van der Waals surface area contributed by atoms with E-state index in [1.165, 1.54) is 18.2 Å². The number of methoxy groups -OCH3 is 1. The zero-order chi connectivity index (χ0) is 15.1. The van der Waals surface area contributed by atoms with Gasteiger partial charge in [-0.15, -0.1) is 0 Å². The molecule has 3 nitrogen and oxygen atoms in total. The van der Waals surface area contributed by atoms with Crippen LogP contribution in [0.4, 0.5) is 0 Å². The number of hydrogen-bond acceptors (Lipinski definition) is 3. The molecule has 0 aliphatic rings. The van der Waals surface area contributed by atoms with Gasteiger partial charge in [0.25, 0.3) is 0 Å². The Kier molecular flexibility index (Phi) is 5.52. The van der Waals surface area contributed by atoms with Crippen LogP contribution in [0.2, 0.25) is 0 Å². The Morgan fingerprint density at radius 1 is 0.952 bits per heavy atom. The lowest BCUT2D eigenvalue weighted by Crippen LogP contribution is -2.38. The van der Waals surface area contributed by atoms with Crippen molar-refractivity contribution in [3.05, 3.63) is 71.8 Å². The third-order valence-corrected chi connectivity index (χ3v) is 3.55. The summed E-state index contributed by atoms with van der Waals surface area (Å²) in [6, 6.07) is 20.0. The Morgan fingerprint density at radius 3 is 1.76 bits per heavy atom. The number of nitrogens with zero attached hydrogens (tertiary/aromatic N) is 1. The second-order valence-corrected chi connectivity index (χ2v) is 5.08. The monoisotopic (exact) mass is 283 g/mol. The summed E-state index contributed by atoms with van der Waals surface area (Å²) in [5.74, 6) is -0.207. The molecule has 0 heterocycles. The topological polar surface area (TPSA) is 29.5 Å². The Hall–Kier alpha value is -2.13. The third-order valence-electron chi connectivity index (χ3n) is 3.55. The van der Waals surface area contributed by atoms with Crippen molar-refractivity contribution in [2.24, 2.45) is 0 Å². The maximum Gasteiger partial charge on any atom is 0.322 e. The van der Waals surface area contributed by atoms with Gasteiger partial charge in [0.2, 0.25) is 0 Å². The first-order valence-electron chi connectivity index (χ1n) is 7.10. The van der Waals surface area contributed by atoms with Crippen LogP contribution in [0.3, 0.4) is 0 Å². The van der Waals surface area contributed by atoms with Gasteiger partial charge >= 0.3 is 5.97 Å². The molecule has 0 radical (unpaired) electrons. The molecule has 0 aliphatic carbocycles. The molecule has 0 spiro atoms. The highest BCUT2D eigenvalue weighted by Gasteiger charge is 2.22. The van der Waals surface area contributed by atoms with Crippen LogP contribution in [-0.2, 0) is 22.6 Å². The van der Waals surface area contributed by atoms with Crippen molar-refractivity contribution in [3.8, 4) is 0 Å². The molecule has 2 rings (SSSR count). The van der Waals surface area contributed by atoms with Gasteiger partial charge in [-0.3, -0.25) is 9.69 Å². The smallest absolute Gasteiger partial charge is 0.322 e. The molecule has 0 aliphatic heterocycles. The lowest BCUT2D eigenvalue weighted by atomic mass is 10.1. The molecule has 0 amide bonds. The standard InChI is InChI=1S/C18H21NO2/c1-15(18(20)21-2)19(13-16-9-5-3-6-10-16)14-17-11-7-4-8-12-17/h3-12,15H,13-14H2,1-2H3/t15-/m1/s1. The van der Waals surface area contributed by atoms with Crippen LogP contribution in [0.25, 0.3) is 0 Å². The van der Waals surface area contributed by atoms with E-state index in [4.69, 9.17) is 4.74 Å². The molecule has 21 heavy (non-hydrogen) atoms. The van der Waals surface area contributed by atoms with Gasteiger partial charge in [-0.2, -0.15) is 0 Å². The summed E-state index contributed by atoms with van der Waals surface area (Å²) in [5.41, 5.74) is 2.37. The van der Waals surface area contributed by atoms with Crippen molar-refractivity contribution < 1.29 is 9.53 Å². The Morgan fingerprint density at radius 2 is 1.38 bits per heavy atom. The number of esters is 1. The number of rotatable bonds is 6. The molecular weight excluding hydrogens is 262 g/mol. The van der Waals surface area contributed by atoms with Crippen LogP contribution >= 0.6 is 0 Å². The molecule has 3 heteroatoms. The molecule has 0 bridgehead atoms. The van der Waals surface area contributed by atoms with Crippen molar-refractivity contribution >= 4 is 5.97 Å². The second kappa shape index (κ2) is 7.60. The number of carbonyl (C=O) groups is 1. The average Bonchev–Trinajstić information content (AvgIpc) is 2.54. The van der Waals surface area contributed by atoms with Gasteiger partial charge in [0.05, 0.1) is 7.11 Å². The second-order valence-electron chi connectivity index (χ2n) is 5.08. The summed E-state index contributed by atoms with van der Waals surface area (Å²) in [5, 5.41) is 0. The lowest BCUT2D eigenvalue weighted by molar-refractivity contribution is -0.146. The first-order chi connectivity index (χ1) is 10.2. The van der Waals surface area contributed by atoms with Crippen molar-refractivity contribution in [3.63, 3.8) is 0 Å². The van der Waals surface area contributed by atoms with E-state index < -0.39 is 0 Å². The summed E-state index contributed by atoms with van der Waals surface area (Å²) >= 11 is 0. The first kappa shape index (κ1) is 15.3. The molecule has 0 unspecified atom stereocenters. The van der Waals surface area contributed by atoms with E-state index in [-0.39, 0.29) is 12.0 Å². The van der Waals surface area contributed by atoms with Crippen LogP contribution in [0.5, 0.6) is 0 Å². The quantitative estimate of drug-likeness (QED) is 0.762. The highest BCUT2D eigenvalue weighted by molar-refractivity contribution is 5.75. The predicted molar refractivity (Wildman–Crippen MR) is 83.6 cm³/mol. The van der Waals surface area contributed by atoms with Crippen LogP contribution in [0.1, 0.15) is 18.1 Å². The van der Waals surface area contributed by atoms with E-state index in [1.54, 1.807) is 0 Å². The van der Waals surface area contributed by atoms with E-state index in [1.807, 2.05) is 43.3 Å². The number of hydrogen-bond donors (Lipinski definition) is 0. The summed E-state index contributed by atoms with van der Waals surface area (Å²) in [6.07, 6.45) is 0. The molecule has 0 saturated heterocycles. The van der Waals surface area contributed by atoms with E-state index in [0.717, 1.165) is 0 Å². The van der Waals surface area contributed by atoms with Gasteiger partial charge in [-0.1, -0.05) is 60.7 Å². The highest BCUT2D eigenvalue weighted by Crippen LogP contribution is 2.14. The average molecular weight is 283 g/mol. The van der Waals surface area contributed by atoms with Crippen LogP contribution < -0.4 is 0 Å². The molecule has 0 saturated carbocycles. The molecular formula is C18H21NO2. The minimum absolute atomic E-state index is 0.207. The Balaban J connectivity index is 2.15. The van der Waals surface area contributed by atoms with Crippen LogP contribution in [0, 0.1) is 0 Å². The zero-order valence-corrected chi connectivity index (χ0v) is 12.5. The van der Waals surface area contributed by atoms with Crippen LogP contribution in [-0.4, -0.2) is 24.0 Å². The first-order valence-corrected chi connectivity index (χ1v) is 7.10. The molecule has 0 fully saturated rings. The van der Waals surface area contributed by atoms with Crippen LogP contribution in [0.15, 0.2) is 60.7 Å². The van der Waals surface area contributed by atoms with Gasteiger partial charge in [-0.05, 0) is 18.1 Å². The highest BCUT2D eigenvalue weighted by atomic mass is 16.5. The fourth-order valence-corrected chi connectivity index (χ4v) is 2.29. The minimum atomic E-state index is -0.282. The normalized spacial score (nSPS) is 12.1. The van der Waals surface area contributed by atoms with Gasteiger partial charge < -0.3 is 4.74 Å². The Labute approximate surface area is 126 Å². The molecule has 0 N–H and O–H groups in total. The molecule has 0 aromatic heterocycles. The largest absolute Gasteiger partial charge is 0.468 e. The van der Waals surface area contributed by atoms with E-state index in [0.29, 0.717) is 13.1 Å². The summed E-state index contributed by atoms with van der Waals surface area (Å²) in [6.45, 7) is 3.32. The number of ether oxygens (including phenoxy) is 1. The molecule has 2 aromatic rings. The van der Waals surface area contributed by atoms with Gasteiger partial charge in [0.15, 0.2) is 0 Å². The SMILES string of the molecule is COC(=O)[C@@H](C)N(Cc1ccccc1)Cc1ccccc1. The lowest BCUT2D eigenvalue weighted by Gasteiger charge is -2.27. The van der Waals surface area contributed by atoms with Gasteiger partial charge in [0, 0.05) is 13.1 Å². The van der Waals surface area contributed by atoms with Crippen molar-refractivity contribution in [1.82, 2.24) is 4.90 Å². The van der Waals surface area contributed by atoms with Crippen molar-refractivity contribution in [2.45, 2.75) is 26.1 Å². The fraction of sp³-hybridized carbons (Fsp3) is 0.278. The van der Waals surface area contributed by atoms with Crippen molar-refractivity contribution in [1.29, 1.82) is 0 Å². The van der Waals surface area contributed by atoms with E-state index in [2.05, 4.69) is 29.2 Å². The minimum Gasteiger partial charge on any atom is -0.468 e. The van der Waals surface area contributed by atoms with E-state index in [9.17, 15) is 4.79 Å². The molecule has 2 aromatic carbocycles. The van der Waals surface area contributed by atoms with Gasteiger partial charge in [0.1, 0.15) is 6.04 Å². The zero-order valence-electron chi connectivity index (χ0n) is 12.5.